The van der Waals surface area contributed by atoms with Crippen LogP contribution >= 0.6 is 0 Å². The summed E-state index contributed by atoms with van der Waals surface area (Å²) in [6, 6.07) is 1.36. The Morgan fingerprint density at radius 2 is 2.00 bits per heavy atom. The molecular formula is C23H32N4O4. The van der Waals surface area contributed by atoms with Crippen LogP contribution in [0.2, 0.25) is 0 Å². The van der Waals surface area contributed by atoms with Crippen molar-refractivity contribution in [3.63, 3.8) is 0 Å². The van der Waals surface area contributed by atoms with E-state index in [-0.39, 0.29) is 11.3 Å². The molecule has 0 aromatic carbocycles. The fourth-order valence-corrected chi connectivity index (χ4v) is 5.23. The first-order chi connectivity index (χ1) is 14.7. The molecule has 0 aliphatic carbocycles. The maximum atomic E-state index is 13.3. The summed E-state index contributed by atoms with van der Waals surface area (Å²) < 4.78 is 7.07. The maximum absolute atomic E-state index is 13.3. The number of hydrogen-bond acceptors (Lipinski definition) is 6. The van der Waals surface area contributed by atoms with Gasteiger partial charge in [-0.2, -0.15) is 5.10 Å². The zero-order chi connectivity index (χ0) is 22.3. The second-order valence-electron chi connectivity index (χ2n) is 9.38. The van der Waals surface area contributed by atoms with Crippen LogP contribution < -0.4 is 5.63 Å². The third-order valence-electron chi connectivity index (χ3n) is 7.11. The molecule has 8 heteroatoms. The van der Waals surface area contributed by atoms with E-state index >= 15 is 0 Å². The van der Waals surface area contributed by atoms with E-state index in [0.717, 1.165) is 38.9 Å². The van der Waals surface area contributed by atoms with E-state index in [0.29, 0.717) is 30.0 Å². The van der Waals surface area contributed by atoms with Gasteiger partial charge in [0.15, 0.2) is 0 Å². The number of amides is 1. The van der Waals surface area contributed by atoms with Crippen LogP contribution in [-0.2, 0) is 13.6 Å². The molecule has 1 atom stereocenters. The summed E-state index contributed by atoms with van der Waals surface area (Å²) in [5.74, 6) is 0.177. The Morgan fingerprint density at radius 1 is 1.29 bits per heavy atom. The number of aryl methyl sites for hydroxylation is 3. The molecule has 1 unspecified atom stereocenters. The van der Waals surface area contributed by atoms with Crippen molar-refractivity contribution in [2.75, 3.05) is 26.2 Å². The number of nitrogens with zero attached hydrogens (tertiary/aromatic N) is 4. The molecule has 2 aromatic rings. The molecule has 2 aliphatic heterocycles. The van der Waals surface area contributed by atoms with Crippen LogP contribution in [0, 0.1) is 26.2 Å². The average molecular weight is 429 g/mol. The zero-order valence-electron chi connectivity index (χ0n) is 18.8. The minimum absolute atomic E-state index is 0.0781. The summed E-state index contributed by atoms with van der Waals surface area (Å²) in [5.41, 5.74) is 2.97. The second-order valence-corrected chi connectivity index (χ2v) is 9.38. The number of carbonyl (C=O) groups excluding carboxylic acids is 1. The molecule has 0 bridgehead atoms. The predicted molar refractivity (Wildman–Crippen MR) is 116 cm³/mol. The molecule has 1 N–H and O–H groups in total. The van der Waals surface area contributed by atoms with Gasteiger partial charge in [-0.3, -0.25) is 14.4 Å². The van der Waals surface area contributed by atoms with Gasteiger partial charge >= 0.3 is 5.63 Å². The summed E-state index contributed by atoms with van der Waals surface area (Å²) in [7, 11) is 1.96. The van der Waals surface area contributed by atoms with Gasteiger partial charge in [-0.25, -0.2) is 4.79 Å². The first-order valence-electron chi connectivity index (χ1n) is 11.0. The molecule has 2 saturated heterocycles. The lowest BCUT2D eigenvalue weighted by Crippen LogP contribution is -2.55. The van der Waals surface area contributed by atoms with Crippen molar-refractivity contribution < 1.29 is 14.3 Å². The van der Waals surface area contributed by atoms with Crippen molar-refractivity contribution in [3.05, 3.63) is 50.8 Å². The predicted octanol–water partition coefficient (Wildman–Crippen LogP) is 1.79. The van der Waals surface area contributed by atoms with Gasteiger partial charge in [0, 0.05) is 44.0 Å². The van der Waals surface area contributed by atoms with E-state index < -0.39 is 11.7 Å². The van der Waals surface area contributed by atoms with Crippen molar-refractivity contribution in [3.8, 4) is 0 Å². The summed E-state index contributed by atoms with van der Waals surface area (Å²) in [5, 5.41) is 15.0. The molecule has 4 rings (SSSR count). The highest BCUT2D eigenvalue weighted by molar-refractivity contribution is 5.96. The van der Waals surface area contributed by atoms with Crippen molar-refractivity contribution in [2.24, 2.45) is 12.5 Å². The number of likely N-dealkylation sites (tertiary alicyclic amines) is 2. The first-order valence-corrected chi connectivity index (χ1v) is 11.0. The van der Waals surface area contributed by atoms with Gasteiger partial charge in [0.1, 0.15) is 5.76 Å². The topological polar surface area (TPSA) is 91.8 Å². The van der Waals surface area contributed by atoms with E-state index in [9.17, 15) is 14.7 Å². The fraction of sp³-hybridized carbons (Fsp3) is 0.609. The number of aromatic nitrogens is 2. The standard InChI is InChI=1S/C23H32N4O4/c1-15-9-20(29)31-17(3)21(15)22(30)27-13-19(28)10-23(14-27)5-7-26(8-6-23)12-18-11-24-25(4)16(18)2/h9,11,19,28H,5-8,10,12-14H2,1-4H3. The van der Waals surface area contributed by atoms with Crippen LogP contribution in [0.5, 0.6) is 0 Å². The summed E-state index contributed by atoms with van der Waals surface area (Å²) >= 11 is 0. The minimum atomic E-state index is -0.541. The number of hydrogen-bond donors (Lipinski definition) is 1. The fourth-order valence-electron chi connectivity index (χ4n) is 5.23. The van der Waals surface area contributed by atoms with Crippen LogP contribution in [-0.4, -0.2) is 62.9 Å². The van der Waals surface area contributed by atoms with Gasteiger partial charge in [-0.1, -0.05) is 0 Å². The molecule has 168 valence electrons. The van der Waals surface area contributed by atoms with Crippen molar-refractivity contribution >= 4 is 5.91 Å². The number of aliphatic hydroxyl groups excluding tert-OH is 1. The smallest absolute Gasteiger partial charge is 0.336 e. The SMILES string of the molecule is Cc1cc(=O)oc(C)c1C(=O)N1CC(O)CC2(CCN(Cc3cnn(C)c3C)CC2)C1. The zero-order valence-corrected chi connectivity index (χ0v) is 18.8. The lowest BCUT2D eigenvalue weighted by molar-refractivity contribution is -0.0338. The normalized spacial score (nSPS) is 21.6. The summed E-state index contributed by atoms with van der Waals surface area (Å²) in [6.07, 6.45) is 4.00. The van der Waals surface area contributed by atoms with E-state index in [1.807, 2.05) is 17.9 Å². The average Bonchev–Trinajstić information content (AvgIpc) is 3.00. The highest BCUT2D eigenvalue weighted by Gasteiger charge is 2.43. The molecule has 0 saturated carbocycles. The molecule has 2 fully saturated rings. The van der Waals surface area contributed by atoms with E-state index in [4.69, 9.17) is 4.42 Å². The maximum Gasteiger partial charge on any atom is 0.336 e. The van der Waals surface area contributed by atoms with E-state index in [1.165, 1.54) is 17.3 Å². The second kappa shape index (κ2) is 8.24. The Bertz CT molecular complexity index is 1010. The number of β-amino-alcohol motifs (C(OH)–C–C–N with tert-alkyl or cyclic N) is 1. The van der Waals surface area contributed by atoms with Gasteiger partial charge in [0.05, 0.1) is 17.9 Å². The molecule has 4 heterocycles. The van der Waals surface area contributed by atoms with Gasteiger partial charge in [0.2, 0.25) is 0 Å². The quantitative estimate of drug-likeness (QED) is 0.801. The van der Waals surface area contributed by atoms with E-state index in [2.05, 4.69) is 16.9 Å². The number of rotatable bonds is 3. The van der Waals surface area contributed by atoms with Crippen LogP contribution in [0.4, 0.5) is 0 Å². The summed E-state index contributed by atoms with van der Waals surface area (Å²) in [6.45, 7) is 9.18. The Hall–Kier alpha value is -2.45. The molecule has 1 spiro atoms. The molecule has 1 amide bonds. The highest BCUT2D eigenvalue weighted by Crippen LogP contribution is 2.41. The Kier molecular flexibility index (Phi) is 5.79. The monoisotopic (exact) mass is 428 g/mol. The highest BCUT2D eigenvalue weighted by atomic mass is 16.4. The first kappa shape index (κ1) is 21.8. The van der Waals surface area contributed by atoms with Crippen molar-refractivity contribution in [1.29, 1.82) is 0 Å². The Balaban J connectivity index is 1.46. The Labute approximate surface area is 182 Å². The van der Waals surface area contributed by atoms with Gasteiger partial charge in [-0.05, 0) is 64.1 Å². The van der Waals surface area contributed by atoms with Crippen LogP contribution in [0.15, 0.2) is 21.5 Å². The lowest BCUT2D eigenvalue weighted by atomic mass is 9.71. The molecule has 2 aromatic heterocycles. The van der Waals surface area contributed by atoms with E-state index in [1.54, 1.807) is 18.7 Å². The summed E-state index contributed by atoms with van der Waals surface area (Å²) in [4.78, 5) is 29.1. The largest absolute Gasteiger partial charge is 0.427 e. The third kappa shape index (κ3) is 4.32. The molecule has 0 radical (unpaired) electrons. The molecule has 8 nitrogen and oxygen atoms in total. The van der Waals surface area contributed by atoms with Crippen molar-refractivity contribution in [1.82, 2.24) is 19.6 Å². The molecule has 2 aliphatic rings. The number of carbonyl (C=O) groups is 1. The van der Waals surface area contributed by atoms with Gasteiger partial charge in [0.25, 0.3) is 5.91 Å². The number of piperidine rings is 2. The van der Waals surface area contributed by atoms with Crippen LogP contribution in [0.25, 0.3) is 0 Å². The molecular weight excluding hydrogens is 396 g/mol. The molecule has 31 heavy (non-hydrogen) atoms. The van der Waals surface area contributed by atoms with Gasteiger partial charge in [-0.15, -0.1) is 0 Å². The van der Waals surface area contributed by atoms with Gasteiger partial charge < -0.3 is 14.4 Å². The third-order valence-corrected chi connectivity index (χ3v) is 7.11. The Morgan fingerprint density at radius 3 is 2.61 bits per heavy atom. The van der Waals surface area contributed by atoms with Crippen LogP contribution in [0.1, 0.15) is 52.2 Å². The lowest BCUT2D eigenvalue weighted by Gasteiger charge is -2.49. The number of aliphatic hydroxyl groups is 1. The minimum Gasteiger partial charge on any atom is -0.427 e. The van der Waals surface area contributed by atoms with Crippen LogP contribution in [0.3, 0.4) is 0 Å². The van der Waals surface area contributed by atoms with Crippen molar-refractivity contribution in [2.45, 2.75) is 52.7 Å².